The maximum absolute atomic E-state index is 12.6. The van der Waals surface area contributed by atoms with Crippen molar-refractivity contribution in [3.8, 4) is 0 Å². The summed E-state index contributed by atoms with van der Waals surface area (Å²) in [4.78, 5) is 87.9. The summed E-state index contributed by atoms with van der Waals surface area (Å²) in [6.45, 7) is 1.47. The fourth-order valence-corrected chi connectivity index (χ4v) is 12.5. The molecule has 8 saturated heterocycles. The molecule has 8 heterocycles. The number of nitrogens with one attached hydrogen (secondary N) is 7. The van der Waals surface area contributed by atoms with Crippen LogP contribution < -0.4 is 37.2 Å². The molecule has 0 aromatic heterocycles. The van der Waals surface area contributed by atoms with Crippen LogP contribution in [0.25, 0.3) is 0 Å². The van der Waals surface area contributed by atoms with Crippen molar-refractivity contribution < 1.29 is 171 Å². The van der Waals surface area contributed by atoms with Crippen molar-refractivity contribution >= 4 is 41.4 Å². The average molecular weight is 1420 g/mol. The second-order valence-corrected chi connectivity index (χ2v) is 25.1. The Bertz CT molecular complexity index is 2210. The van der Waals surface area contributed by atoms with E-state index in [9.17, 15) is 105 Å². The summed E-state index contributed by atoms with van der Waals surface area (Å²) >= 11 is 0. The largest absolute Gasteiger partial charge is 0.388 e. The van der Waals surface area contributed by atoms with Gasteiger partial charge in [-0.3, -0.25) is 33.6 Å². The van der Waals surface area contributed by atoms with Crippen LogP contribution in [-0.2, 0) is 99.9 Å². The highest BCUT2D eigenvalue weighted by molar-refractivity contribution is 5.75. The summed E-state index contributed by atoms with van der Waals surface area (Å²) in [5.41, 5.74) is 0. The zero-order valence-electron chi connectivity index (χ0n) is 54.0. The lowest BCUT2D eigenvalue weighted by Crippen LogP contribution is -2.68. The molecule has 0 radical (unpaired) electrons. The molecule has 0 aromatic rings. The first kappa shape index (κ1) is 78.9. The minimum Gasteiger partial charge on any atom is -0.388 e. The predicted octanol–water partition coefficient (Wildman–Crippen LogP) is -14.2. The molecule has 0 spiro atoms. The van der Waals surface area contributed by atoms with E-state index in [1.165, 1.54) is 0 Å². The van der Waals surface area contributed by atoms with Crippen molar-refractivity contribution in [2.75, 3.05) is 46.2 Å². The molecule has 8 aliphatic rings. The third kappa shape index (κ3) is 18.9. The van der Waals surface area contributed by atoms with Crippen LogP contribution >= 0.6 is 0 Å². The Morgan fingerprint density at radius 2 is 0.306 bits per heavy atom. The van der Waals surface area contributed by atoms with Crippen LogP contribution in [0.15, 0.2) is 0 Å². The number of hydrogen-bond donors (Lipinski definition) is 21. The average Bonchev–Trinajstić information content (AvgIpc) is 0.805. The van der Waals surface area contributed by atoms with Gasteiger partial charge in [-0.15, -0.1) is 0 Å². The Morgan fingerprint density at radius 3 is 0.398 bits per heavy atom. The van der Waals surface area contributed by atoms with Crippen LogP contribution in [0, 0.1) is 0 Å². The first-order chi connectivity index (χ1) is 46.1. The second kappa shape index (κ2) is 34.4. The molecule has 0 aromatic carbocycles. The quantitative estimate of drug-likeness (QED) is 0.113. The number of hydrogen-bond acceptors (Lipinski definition) is 35. The normalized spacial score (nSPS) is 46.4. The molecule has 42 nitrogen and oxygen atoms in total. The third-order valence-electron chi connectivity index (χ3n) is 17.5. The highest BCUT2D eigenvalue weighted by Gasteiger charge is 2.56. The lowest BCUT2D eigenvalue weighted by Gasteiger charge is -2.47. The van der Waals surface area contributed by atoms with Gasteiger partial charge in [-0.2, -0.15) is 0 Å². The lowest BCUT2D eigenvalue weighted by molar-refractivity contribution is -0.327. The highest BCUT2D eigenvalue weighted by atomic mass is 16.8. The third-order valence-corrected chi connectivity index (χ3v) is 17.5. The molecule has 98 heavy (non-hydrogen) atoms. The number of amides is 7. The van der Waals surface area contributed by atoms with Gasteiger partial charge in [0.25, 0.3) is 0 Å². The molecule has 0 saturated carbocycles. The van der Waals surface area contributed by atoms with Gasteiger partial charge in [-0.25, -0.2) is 0 Å². The van der Waals surface area contributed by atoms with Crippen molar-refractivity contribution in [3.05, 3.63) is 0 Å². The van der Waals surface area contributed by atoms with Crippen molar-refractivity contribution in [1.29, 1.82) is 0 Å². The number of rotatable bonds is 7. The van der Waals surface area contributed by atoms with E-state index in [-0.39, 0.29) is 0 Å². The summed E-state index contributed by atoms with van der Waals surface area (Å²) in [6, 6.07) is -11.4. The van der Waals surface area contributed by atoms with Gasteiger partial charge in [0.05, 0.1) is 46.2 Å². The number of fused-ring (bicyclic) bond motifs is 14. The van der Waals surface area contributed by atoms with Crippen LogP contribution in [0.1, 0.15) is 48.5 Å². The van der Waals surface area contributed by atoms with E-state index in [0.29, 0.717) is 0 Å². The topological polar surface area (TPSA) is 616 Å². The molecule has 35 atom stereocenters. The number of carbonyl (C=O) groups excluding carboxylic acids is 7. The molecule has 21 N–H and O–H groups in total. The van der Waals surface area contributed by atoms with Gasteiger partial charge in [-0.05, 0) is 0 Å². The van der Waals surface area contributed by atoms with Gasteiger partial charge in [0.15, 0.2) is 44.0 Å². The van der Waals surface area contributed by atoms with Crippen molar-refractivity contribution in [2.45, 2.75) is 263 Å². The van der Waals surface area contributed by atoms with Gasteiger partial charge in [0, 0.05) is 48.5 Å². The first-order valence-corrected chi connectivity index (χ1v) is 31.5. The first-order valence-electron chi connectivity index (χ1n) is 31.5. The summed E-state index contributed by atoms with van der Waals surface area (Å²) in [5.74, 6) is -5.49. The molecule has 8 rings (SSSR count). The molecule has 8 fully saturated rings. The summed E-state index contributed by atoms with van der Waals surface area (Å²) < 4.78 is 84.3. The zero-order valence-corrected chi connectivity index (χ0v) is 54.0. The fourth-order valence-electron chi connectivity index (χ4n) is 12.5. The van der Waals surface area contributed by atoms with Crippen LogP contribution in [0.2, 0.25) is 0 Å². The number of carbonyl (C=O) groups is 7. The minimum absolute atomic E-state index is 0.784. The lowest BCUT2D eigenvalue weighted by atomic mass is 9.95. The van der Waals surface area contributed by atoms with E-state index in [4.69, 9.17) is 66.3 Å². The Hall–Kier alpha value is -4.83. The molecular formula is C56H91N7O35. The number of aliphatic hydroxyl groups excluding tert-OH is 14. The molecule has 0 unspecified atom stereocenters. The molecular weight excluding hydrogens is 1330 g/mol. The van der Waals surface area contributed by atoms with E-state index in [2.05, 4.69) is 37.2 Å². The predicted molar refractivity (Wildman–Crippen MR) is 310 cm³/mol. The molecule has 8 aliphatic heterocycles. The van der Waals surface area contributed by atoms with Crippen LogP contribution in [0.3, 0.4) is 0 Å². The fraction of sp³-hybridized carbons (Fsp3) is 0.875. The number of aliphatic hydroxyl groups is 14. The maximum Gasteiger partial charge on any atom is 0.217 e. The molecule has 14 bridgehead atoms. The van der Waals surface area contributed by atoms with E-state index >= 15 is 0 Å². The van der Waals surface area contributed by atoms with Gasteiger partial charge in [0.2, 0.25) is 41.4 Å². The van der Waals surface area contributed by atoms with E-state index in [0.717, 1.165) is 48.5 Å². The second-order valence-electron chi connectivity index (χ2n) is 25.1. The van der Waals surface area contributed by atoms with E-state index < -0.39 is 302 Å². The Balaban J connectivity index is 1.14. The van der Waals surface area contributed by atoms with Gasteiger partial charge < -0.3 is 175 Å². The van der Waals surface area contributed by atoms with Gasteiger partial charge >= 0.3 is 0 Å². The molecule has 7 amide bonds. The Labute approximate surface area is 557 Å². The molecule has 42 heteroatoms. The van der Waals surface area contributed by atoms with Crippen LogP contribution in [0.5, 0.6) is 0 Å². The standard InChI is InChI=1S/C56H91N7O35/c1-15(64)57-29-43(78)36(71)22-9-86-51-31(59-17(3)66)45(80)38(73)24(94-51)11-88-53-33(61-19(5)68)47(82)40(75)26(96-53)13-90-55-35(63-21(7)70)49(84)42(77)28(98-55)14-91-56-34(62-20(6)69)48(83)41(76)27(97-56)12-89-54-32(60-18(4)67)46(81)39(74)25(95-54)10-87-52-30(58-16(2)65)44(79)37(72)23(93-52)8-85-50(29)92-22/h22-56,71-84H,8-14H2,1-7H3,(H,57,64)(H,58,65)(H,59,66)(H,60,67)(H,61,68)(H,62,69)(H,63,70)/t22-,23-,24-,25-,26-,27-,28-,29-,30-,31-,32-,33-,34-,35-,36-,37-,38-,39-,40-,41-,42-,43-,44-,45-,46-,47-,48-,49-,50-,51-,52-,53-,54-,55-,56-/m1/s1. The van der Waals surface area contributed by atoms with Gasteiger partial charge in [-0.1, -0.05) is 0 Å². The van der Waals surface area contributed by atoms with Crippen molar-refractivity contribution in [1.82, 2.24) is 37.2 Å². The van der Waals surface area contributed by atoms with E-state index in [1.54, 1.807) is 0 Å². The van der Waals surface area contributed by atoms with Crippen LogP contribution in [0.4, 0.5) is 0 Å². The zero-order chi connectivity index (χ0) is 72.0. The maximum atomic E-state index is 12.6. The molecule has 0 aliphatic carbocycles. The summed E-state index contributed by atoms with van der Waals surface area (Å²) in [5, 5.41) is 178. The Morgan fingerprint density at radius 1 is 0.204 bits per heavy atom. The highest BCUT2D eigenvalue weighted by Crippen LogP contribution is 2.34. The Kier molecular flexibility index (Phi) is 27.7. The van der Waals surface area contributed by atoms with Gasteiger partial charge in [0.1, 0.15) is 170 Å². The summed E-state index contributed by atoms with van der Waals surface area (Å²) in [6.07, 6.45) is -52.2. The van der Waals surface area contributed by atoms with E-state index in [1.807, 2.05) is 0 Å². The minimum atomic E-state index is -1.97. The van der Waals surface area contributed by atoms with Crippen molar-refractivity contribution in [2.24, 2.45) is 0 Å². The van der Waals surface area contributed by atoms with Crippen molar-refractivity contribution in [3.63, 3.8) is 0 Å². The van der Waals surface area contributed by atoms with Crippen LogP contribution in [-0.4, -0.2) is 374 Å². The molecule has 560 valence electrons. The monoisotopic (exact) mass is 1420 g/mol. The number of ether oxygens (including phenoxy) is 14. The smallest absolute Gasteiger partial charge is 0.217 e. The SMILES string of the molecule is CC(=O)N[C@H]1[C@@H]2OC[C@H]3O[C@@H](OC[C@H]4O[C@@H](OC[C@H]5O[C@@H](OC[C@H]6O[C@@H](OC[C@H]7O[C@@H](OC[C@H]8O[C@@H](OC[C@@H](O2)[C@@H](O)[C@@H]1O)[C@H](NC(C)=O)[C@@H](O)[C@@H]8O)[C@H](NC(C)=O)[C@@H](O)[C@@H]7O)[C@H](NC(C)=O)[C@@H](O)[C@@H]6O)[C@H](NC(C)=O)[C@@H](O)[C@@H]5O)[C@H](NC(C)=O)[C@@H](O)[C@@H]4O)[C@H](NC(C)=O)[C@@H](O)[C@@H]3O. The summed E-state index contributed by atoms with van der Waals surface area (Å²) in [7, 11) is 0.